The molecule has 0 aliphatic rings. The zero-order valence-corrected chi connectivity index (χ0v) is 13.4. The van der Waals surface area contributed by atoms with Gasteiger partial charge in [-0.25, -0.2) is 4.79 Å². The smallest absolute Gasteiger partial charge is 0.315 e. The van der Waals surface area contributed by atoms with Crippen LogP contribution in [-0.4, -0.2) is 37.0 Å². The maximum Gasteiger partial charge on any atom is 0.315 e. The zero-order chi connectivity index (χ0) is 15.0. The Balaban J connectivity index is 2.35. The highest BCUT2D eigenvalue weighted by Crippen LogP contribution is 2.11. The molecule has 0 fully saturated rings. The Morgan fingerprint density at radius 2 is 1.85 bits per heavy atom. The number of hydrogen-bond acceptors (Lipinski definition) is 2. The van der Waals surface area contributed by atoms with Gasteiger partial charge in [-0.15, -0.1) is 0 Å². The van der Waals surface area contributed by atoms with Gasteiger partial charge in [0.1, 0.15) is 0 Å². The van der Waals surface area contributed by atoms with Gasteiger partial charge >= 0.3 is 6.03 Å². The number of urea groups is 1. The van der Waals surface area contributed by atoms with E-state index in [4.69, 9.17) is 0 Å². The van der Waals surface area contributed by atoms with Crippen LogP contribution < -0.4 is 10.6 Å². The lowest BCUT2D eigenvalue weighted by molar-refractivity contribution is -0.129. The molecule has 5 nitrogen and oxygen atoms in total. The summed E-state index contributed by atoms with van der Waals surface area (Å²) in [6.07, 6.45) is 0.866. The topological polar surface area (TPSA) is 61.4 Å². The fourth-order valence-electron chi connectivity index (χ4n) is 1.54. The fraction of sp³-hybridized carbons (Fsp3) is 0.429. The minimum absolute atomic E-state index is 0.00256. The number of rotatable bonds is 6. The van der Waals surface area contributed by atoms with Crippen LogP contribution in [0.1, 0.15) is 18.9 Å². The van der Waals surface area contributed by atoms with Gasteiger partial charge in [0.2, 0.25) is 5.91 Å². The summed E-state index contributed by atoms with van der Waals surface area (Å²) in [5.74, 6) is -0.125. The molecule has 1 aromatic carbocycles. The van der Waals surface area contributed by atoms with E-state index in [0.717, 1.165) is 16.5 Å². The third-order valence-corrected chi connectivity index (χ3v) is 3.22. The lowest BCUT2D eigenvalue weighted by Crippen LogP contribution is -2.42. The Labute approximate surface area is 127 Å². The predicted molar refractivity (Wildman–Crippen MR) is 82.3 cm³/mol. The molecule has 1 rings (SSSR count). The van der Waals surface area contributed by atoms with E-state index in [0.29, 0.717) is 13.1 Å². The summed E-state index contributed by atoms with van der Waals surface area (Å²) in [5.41, 5.74) is 1.04. The van der Waals surface area contributed by atoms with E-state index in [9.17, 15) is 9.59 Å². The number of nitrogens with zero attached hydrogens (tertiary/aromatic N) is 1. The largest absolute Gasteiger partial charge is 0.340 e. The maximum atomic E-state index is 11.9. The molecule has 0 bridgehead atoms. The van der Waals surface area contributed by atoms with Crippen LogP contribution in [0.15, 0.2) is 28.7 Å². The normalized spacial score (nSPS) is 9.95. The lowest BCUT2D eigenvalue weighted by Gasteiger charge is -2.17. The molecule has 110 valence electrons. The number of halogens is 1. The molecule has 0 heterocycles. The van der Waals surface area contributed by atoms with Gasteiger partial charge in [-0.3, -0.25) is 4.79 Å². The number of carbonyl (C=O) groups excluding carboxylic acids is 2. The summed E-state index contributed by atoms with van der Waals surface area (Å²) in [6, 6.07) is 7.47. The van der Waals surface area contributed by atoms with Crippen LogP contribution in [0.25, 0.3) is 0 Å². The number of carbonyl (C=O) groups is 2. The Hall–Kier alpha value is -1.56. The van der Waals surface area contributed by atoms with E-state index in [-0.39, 0.29) is 18.5 Å². The molecule has 0 aromatic heterocycles. The van der Waals surface area contributed by atoms with Crippen molar-refractivity contribution in [2.75, 3.05) is 20.1 Å². The molecule has 0 spiro atoms. The Bertz CT molecular complexity index is 448. The van der Waals surface area contributed by atoms with Gasteiger partial charge in [0.25, 0.3) is 0 Å². The second-order valence-electron chi connectivity index (χ2n) is 4.49. The Morgan fingerprint density at radius 1 is 1.20 bits per heavy atom. The van der Waals surface area contributed by atoms with E-state index in [2.05, 4.69) is 26.6 Å². The number of benzene rings is 1. The van der Waals surface area contributed by atoms with Crippen molar-refractivity contribution in [1.29, 1.82) is 0 Å². The molecule has 0 aliphatic heterocycles. The van der Waals surface area contributed by atoms with Crippen LogP contribution in [0.4, 0.5) is 4.79 Å². The summed E-state index contributed by atoms with van der Waals surface area (Å²) in [5, 5.41) is 5.20. The quantitative estimate of drug-likeness (QED) is 0.832. The highest BCUT2D eigenvalue weighted by molar-refractivity contribution is 9.10. The first-order valence-corrected chi connectivity index (χ1v) is 7.32. The molecular weight excluding hydrogens is 322 g/mol. The van der Waals surface area contributed by atoms with Gasteiger partial charge < -0.3 is 15.5 Å². The summed E-state index contributed by atoms with van der Waals surface area (Å²) in [7, 11) is 1.72. The molecule has 20 heavy (non-hydrogen) atoms. The van der Waals surface area contributed by atoms with Gasteiger partial charge in [-0.2, -0.15) is 0 Å². The number of hydrogen-bond donors (Lipinski definition) is 2. The van der Waals surface area contributed by atoms with Crippen LogP contribution in [-0.2, 0) is 11.3 Å². The number of likely N-dealkylation sites (N-methyl/N-ethyl adjacent to an activating group) is 1. The summed E-state index contributed by atoms with van der Waals surface area (Å²) < 4.78 is 1.00. The van der Waals surface area contributed by atoms with Crippen molar-refractivity contribution in [1.82, 2.24) is 15.5 Å². The van der Waals surface area contributed by atoms with Gasteiger partial charge in [-0.05, 0) is 24.1 Å². The average Bonchev–Trinajstić information content (AvgIpc) is 2.44. The number of amides is 3. The first-order valence-electron chi connectivity index (χ1n) is 6.53. The molecule has 0 saturated heterocycles. The molecule has 0 saturated carbocycles. The molecule has 0 atom stereocenters. The van der Waals surface area contributed by atoms with Gasteiger partial charge in [0.05, 0.1) is 6.54 Å². The second-order valence-corrected chi connectivity index (χ2v) is 5.40. The first kappa shape index (κ1) is 16.5. The van der Waals surface area contributed by atoms with Crippen LogP contribution in [0, 0.1) is 0 Å². The standard InChI is InChI=1S/C14H20BrN3O2/c1-3-8-16-14(20)17-9-13(19)18(2)10-11-4-6-12(15)7-5-11/h4-7H,3,8-10H2,1-2H3,(H2,16,17,20). The van der Waals surface area contributed by atoms with Crippen molar-refractivity contribution in [3.63, 3.8) is 0 Å². The molecule has 0 aliphatic carbocycles. The lowest BCUT2D eigenvalue weighted by atomic mass is 10.2. The molecular formula is C14H20BrN3O2. The van der Waals surface area contributed by atoms with E-state index in [1.807, 2.05) is 31.2 Å². The van der Waals surface area contributed by atoms with Crippen LogP contribution in [0.2, 0.25) is 0 Å². The maximum absolute atomic E-state index is 11.9. The number of nitrogens with one attached hydrogen (secondary N) is 2. The van der Waals surface area contributed by atoms with Crippen molar-refractivity contribution in [3.8, 4) is 0 Å². The monoisotopic (exact) mass is 341 g/mol. The average molecular weight is 342 g/mol. The van der Waals surface area contributed by atoms with Gasteiger partial charge in [-0.1, -0.05) is 35.0 Å². The van der Waals surface area contributed by atoms with Crippen LogP contribution >= 0.6 is 15.9 Å². The molecule has 0 unspecified atom stereocenters. The minimum Gasteiger partial charge on any atom is -0.340 e. The molecule has 3 amide bonds. The summed E-state index contributed by atoms with van der Waals surface area (Å²) in [6.45, 7) is 3.10. The van der Waals surface area contributed by atoms with E-state index in [1.54, 1.807) is 11.9 Å². The zero-order valence-electron chi connectivity index (χ0n) is 11.8. The minimum atomic E-state index is -0.308. The highest BCUT2D eigenvalue weighted by atomic mass is 79.9. The van der Waals surface area contributed by atoms with E-state index >= 15 is 0 Å². The summed E-state index contributed by atoms with van der Waals surface area (Å²) >= 11 is 3.37. The van der Waals surface area contributed by atoms with E-state index < -0.39 is 0 Å². The predicted octanol–water partition coefficient (Wildman–Crippen LogP) is 2.12. The molecule has 6 heteroatoms. The highest BCUT2D eigenvalue weighted by Gasteiger charge is 2.10. The first-order chi connectivity index (χ1) is 9.52. The van der Waals surface area contributed by atoms with Crippen molar-refractivity contribution in [3.05, 3.63) is 34.3 Å². The fourth-order valence-corrected chi connectivity index (χ4v) is 1.81. The van der Waals surface area contributed by atoms with Crippen molar-refractivity contribution >= 4 is 27.9 Å². The summed E-state index contributed by atoms with van der Waals surface area (Å²) in [4.78, 5) is 24.8. The Kier molecular flexibility index (Phi) is 7.08. The molecule has 2 N–H and O–H groups in total. The van der Waals surface area contributed by atoms with Crippen molar-refractivity contribution in [2.24, 2.45) is 0 Å². The van der Waals surface area contributed by atoms with E-state index in [1.165, 1.54) is 0 Å². The van der Waals surface area contributed by atoms with Crippen molar-refractivity contribution < 1.29 is 9.59 Å². The van der Waals surface area contributed by atoms with Crippen LogP contribution in [0.5, 0.6) is 0 Å². The second kappa shape index (κ2) is 8.58. The SMILES string of the molecule is CCCNC(=O)NCC(=O)N(C)Cc1ccc(Br)cc1. The molecule has 1 aromatic rings. The van der Waals surface area contributed by atoms with Crippen molar-refractivity contribution in [2.45, 2.75) is 19.9 Å². The van der Waals surface area contributed by atoms with Gasteiger partial charge in [0.15, 0.2) is 0 Å². The third kappa shape index (κ3) is 6.06. The third-order valence-electron chi connectivity index (χ3n) is 2.69. The Morgan fingerprint density at radius 3 is 2.45 bits per heavy atom. The van der Waals surface area contributed by atoms with Crippen LogP contribution in [0.3, 0.4) is 0 Å². The van der Waals surface area contributed by atoms with Gasteiger partial charge in [0, 0.05) is 24.6 Å². The molecule has 0 radical (unpaired) electrons.